The first-order valence-corrected chi connectivity index (χ1v) is 11.8. The van der Waals surface area contributed by atoms with Gasteiger partial charge in [0.1, 0.15) is 11.8 Å². The van der Waals surface area contributed by atoms with Crippen LogP contribution in [0.25, 0.3) is 0 Å². The lowest BCUT2D eigenvalue weighted by molar-refractivity contribution is -0.143. The minimum Gasteiger partial charge on any atom is -0.483 e. The summed E-state index contributed by atoms with van der Waals surface area (Å²) < 4.78 is 5.91. The molecule has 174 valence electrons. The minimum atomic E-state index is -0.635. The second-order valence-corrected chi connectivity index (χ2v) is 8.80. The highest BCUT2D eigenvalue weighted by atomic mass is 35.5. The summed E-state index contributed by atoms with van der Waals surface area (Å²) >= 11 is 12.4. The molecule has 0 aliphatic rings. The number of halogens is 2. The lowest BCUT2D eigenvalue weighted by Gasteiger charge is -2.31. The molecule has 0 radical (unpaired) electrons. The lowest BCUT2D eigenvalue weighted by atomic mass is 10.0. The Morgan fingerprint density at radius 3 is 2.44 bits per heavy atom. The van der Waals surface area contributed by atoms with E-state index in [0.29, 0.717) is 34.3 Å². The Morgan fingerprint density at radius 2 is 1.81 bits per heavy atom. The van der Waals surface area contributed by atoms with Crippen molar-refractivity contribution in [1.82, 2.24) is 10.2 Å². The molecule has 32 heavy (non-hydrogen) atoms. The molecule has 5 nitrogen and oxygen atoms in total. The quantitative estimate of drug-likeness (QED) is 0.441. The molecule has 0 saturated heterocycles. The van der Waals surface area contributed by atoms with Crippen molar-refractivity contribution >= 4 is 35.0 Å². The number of rotatable bonds is 11. The Kier molecular flexibility index (Phi) is 10.3. The number of ether oxygens (including phenoxy) is 1. The van der Waals surface area contributed by atoms with Gasteiger partial charge in [0.25, 0.3) is 5.91 Å². The van der Waals surface area contributed by atoms with Crippen LogP contribution in [0.15, 0.2) is 42.5 Å². The van der Waals surface area contributed by atoms with Gasteiger partial charge in [-0.2, -0.15) is 0 Å². The molecular weight excluding hydrogens is 447 g/mol. The number of hydrogen-bond acceptors (Lipinski definition) is 3. The van der Waals surface area contributed by atoms with Crippen LogP contribution in [-0.2, 0) is 16.1 Å². The molecule has 0 saturated carbocycles. The molecule has 1 N–H and O–H groups in total. The number of benzene rings is 2. The van der Waals surface area contributed by atoms with Crippen molar-refractivity contribution in [2.45, 2.75) is 59.0 Å². The third-order valence-electron chi connectivity index (χ3n) is 5.18. The number of amides is 2. The summed E-state index contributed by atoms with van der Waals surface area (Å²) in [7, 11) is 0. The van der Waals surface area contributed by atoms with Crippen LogP contribution in [0.4, 0.5) is 0 Å². The number of carbonyl (C=O) groups excluding carboxylic acids is 2. The Bertz CT molecular complexity index is 918. The summed E-state index contributed by atoms with van der Waals surface area (Å²) in [5.41, 5.74) is 1.74. The molecule has 0 bridgehead atoms. The van der Waals surface area contributed by atoms with Gasteiger partial charge in [0.15, 0.2) is 6.61 Å². The van der Waals surface area contributed by atoms with Gasteiger partial charge in [-0.05, 0) is 48.1 Å². The summed E-state index contributed by atoms with van der Waals surface area (Å²) in [6, 6.07) is 12.2. The first kappa shape index (κ1) is 26.0. The van der Waals surface area contributed by atoms with Crippen molar-refractivity contribution in [2.75, 3.05) is 13.2 Å². The van der Waals surface area contributed by atoms with Crippen molar-refractivity contribution < 1.29 is 14.3 Å². The number of carbonyl (C=O) groups is 2. The number of para-hydroxylation sites is 1. The van der Waals surface area contributed by atoms with Gasteiger partial charge in [0.05, 0.1) is 0 Å². The molecule has 2 aromatic carbocycles. The molecule has 0 aromatic heterocycles. The van der Waals surface area contributed by atoms with E-state index in [1.54, 1.807) is 18.2 Å². The fourth-order valence-corrected chi connectivity index (χ4v) is 3.90. The van der Waals surface area contributed by atoms with Crippen LogP contribution in [0.2, 0.25) is 10.0 Å². The van der Waals surface area contributed by atoms with Crippen LogP contribution in [0.3, 0.4) is 0 Å². The van der Waals surface area contributed by atoms with Gasteiger partial charge in [-0.15, -0.1) is 0 Å². The van der Waals surface area contributed by atoms with Crippen LogP contribution >= 0.6 is 23.2 Å². The highest BCUT2D eigenvalue weighted by Crippen LogP contribution is 2.27. The molecule has 0 heterocycles. The zero-order valence-electron chi connectivity index (χ0n) is 19.2. The topological polar surface area (TPSA) is 58.6 Å². The van der Waals surface area contributed by atoms with Gasteiger partial charge in [-0.3, -0.25) is 9.59 Å². The summed E-state index contributed by atoms with van der Waals surface area (Å²) in [5.74, 6) is 0.459. The molecule has 2 rings (SSSR count). The van der Waals surface area contributed by atoms with Crippen molar-refractivity contribution in [3.8, 4) is 5.75 Å². The fraction of sp³-hybridized carbons (Fsp3) is 0.440. The van der Waals surface area contributed by atoms with Gasteiger partial charge < -0.3 is 15.0 Å². The van der Waals surface area contributed by atoms with E-state index >= 15 is 0 Å². The van der Waals surface area contributed by atoms with Gasteiger partial charge in [0.2, 0.25) is 5.91 Å². The van der Waals surface area contributed by atoms with E-state index in [0.717, 1.165) is 12.0 Å². The Balaban J connectivity index is 2.27. The maximum Gasteiger partial charge on any atom is 0.261 e. The van der Waals surface area contributed by atoms with E-state index in [1.807, 2.05) is 38.1 Å². The average molecular weight is 479 g/mol. The second kappa shape index (κ2) is 12.7. The van der Waals surface area contributed by atoms with E-state index in [1.165, 1.54) is 4.90 Å². The number of nitrogens with zero attached hydrogens (tertiary/aromatic N) is 1. The van der Waals surface area contributed by atoms with Gasteiger partial charge in [-0.25, -0.2) is 0 Å². The highest BCUT2D eigenvalue weighted by molar-refractivity contribution is 6.35. The zero-order valence-corrected chi connectivity index (χ0v) is 20.7. The van der Waals surface area contributed by atoms with E-state index in [4.69, 9.17) is 27.9 Å². The third-order valence-corrected chi connectivity index (χ3v) is 5.77. The van der Waals surface area contributed by atoms with Crippen molar-refractivity contribution in [2.24, 2.45) is 0 Å². The monoisotopic (exact) mass is 478 g/mol. The first-order valence-electron chi connectivity index (χ1n) is 11.0. The largest absolute Gasteiger partial charge is 0.483 e. The fourth-order valence-electron chi connectivity index (χ4n) is 3.43. The van der Waals surface area contributed by atoms with Crippen LogP contribution in [0.5, 0.6) is 5.75 Å². The molecule has 0 fully saturated rings. The molecule has 2 amide bonds. The van der Waals surface area contributed by atoms with Crippen molar-refractivity contribution in [3.63, 3.8) is 0 Å². The van der Waals surface area contributed by atoms with E-state index in [9.17, 15) is 9.59 Å². The molecule has 0 aliphatic heterocycles. The maximum atomic E-state index is 13.3. The Morgan fingerprint density at radius 1 is 1.09 bits per heavy atom. The molecule has 1 atom stereocenters. The van der Waals surface area contributed by atoms with Crippen molar-refractivity contribution in [3.05, 3.63) is 63.6 Å². The summed E-state index contributed by atoms with van der Waals surface area (Å²) in [4.78, 5) is 27.7. The summed E-state index contributed by atoms with van der Waals surface area (Å²) in [6.07, 6.45) is 1.28. The smallest absolute Gasteiger partial charge is 0.261 e. The molecule has 0 spiro atoms. The van der Waals surface area contributed by atoms with E-state index in [-0.39, 0.29) is 30.9 Å². The van der Waals surface area contributed by atoms with E-state index < -0.39 is 6.04 Å². The second-order valence-electron chi connectivity index (χ2n) is 7.95. The molecule has 0 unspecified atom stereocenters. The van der Waals surface area contributed by atoms with Crippen LogP contribution in [0.1, 0.15) is 57.6 Å². The maximum absolute atomic E-state index is 13.3. The lowest BCUT2D eigenvalue weighted by Crippen LogP contribution is -2.50. The molecule has 7 heteroatoms. The Hall–Kier alpha value is -2.24. The molecular formula is C25H32Cl2N2O3. The zero-order chi connectivity index (χ0) is 23.7. The van der Waals surface area contributed by atoms with Gasteiger partial charge >= 0.3 is 0 Å². The molecule has 2 aromatic rings. The standard InChI is InChI=1S/C25H32Cl2N2O3/c1-5-13-28-25(31)22(6-2)29(15-18-11-12-19(26)14-21(18)27)24(30)16-32-23-10-8-7-9-20(23)17(3)4/h7-12,14,17,22H,5-6,13,15-16H2,1-4H3,(H,28,31)/t22-/m1/s1. The average Bonchev–Trinajstić information content (AvgIpc) is 2.77. The predicted molar refractivity (Wildman–Crippen MR) is 130 cm³/mol. The van der Waals surface area contributed by atoms with Crippen LogP contribution in [0, 0.1) is 0 Å². The Labute approximate surface area is 201 Å². The molecule has 0 aliphatic carbocycles. The summed E-state index contributed by atoms with van der Waals surface area (Å²) in [6.45, 7) is 8.58. The number of nitrogens with one attached hydrogen (secondary N) is 1. The SMILES string of the molecule is CCCNC(=O)[C@@H](CC)N(Cc1ccc(Cl)cc1Cl)C(=O)COc1ccccc1C(C)C. The summed E-state index contributed by atoms with van der Waals surface area (Å²) in [5, 5.41) is 3.86. The van der Waals surface area contributed by atoms with Crippen LogP contribution in [-0.4, -0.2) is 35.9 Å². The third kappa shape index (κ3) is 7.14. The van der Waals surface area contributed by atoms with Crippen molar-refractivity contribution in [1.29, 1.82) is 0 Å². The van der Waals surface area contributed by atoms with Gasteiger partial charge in [-0.1, -0.05) is 75.2 Å². The highest BCUT2D eigenvalue weighted by Gasteiger charge is 2.29. The minimum absolute atomic E-state index is 0.174. The number of hydrogen-bond donors (Lipinski definition) is 1. The van der Waals surface area contributed by atoms with Crippen LogP contribution < -0.4 is 10.1 Å². The van der Waals surface area contributed by atoms with Gasteiger partial charge in [0, 0.05) is 23.1 Å². The van der Waals surface area contributed by atoms with E-state index in [2.05, 4.69) is 19.2 Å². The normalized spacial score (nSPS) is 11.8. The first-order chi connectivity index (χ1) is 15.3. The predicted octanol–water partition coefficient (Wildman–Crippen LogP) is 5.83.